The Balaban J connectivity index is 3.71. The van der Waals surface area contributed by atoms with E-state index in [-0.39, 0.29) is 32.0 Å². The minimum absolute atomic E-state index is 0.0346. The Labute approximate surface area is 440 Å². The smallest absolute Gasteiger partial charge is 0.462 e. The molecule has 0 aromatic heterocycles. The molecule has 0 radical (unpaired) electrons. The number of phosphoric acid groups is 1. The summed E-state index contributed by atoms with van der Waals surface area (Å²) < 4.78 is 34.3. The predicted octanol–water partition coefficient (Wildman–Crippen LogP) is 18.8. The fraction of sp³-hybridized carbons (Fsp3) is 0.869. The second-order valence-electron chi connectivity index (χ2n) is 21.7. The van der Waals surface area contributed by atoms with Crippen LogP contribution in [0.15, 0.2) is 36.5 Å². The zero-order valence-electron chi connectivity index (χ0n) is 47.5. The van der Waals surface area contributed by atoms with Gasteiger partial charge in [-0.05, 0) is 51.4 Å². The molecule has 71 heavy (non-hydrogen) atoms. The van der Waals surface area contributed by atoms with Crippen LogP contribution in [0.2, 0.25) is 0 Å². The van der Waals surface area contributed by atoms with Crippen LogP contribution < -0.4 is 0 Å². The molecule has 0 aliphatic rings. The number of rotatable bonds is 56. The Morgan fingerprint density at radius 1 is 0.437 bits per heavy atom. The number of allylic oxidation sites excluding steroid dienone is 6. The molecule has 0 aromatic carbocycles. The molecule has 0 saturated heterocycles. The number of esters is 2. The van der Waals surface area contributed by atoms with Gasteiger partial charge in [0.25, 0.3) is 0 Å². The number of ether oxygens (including phenoxy) is 2. The van der Waals surface area contributed by atoms with Gasteiger partial charge in [0.15, 0.2) is 6.10 Å². The molecule has 9 nitrogen and oxygen atoms in total. The van der Waals surface area contributed by atoms with E-state index < -0.39 is 26.5 Å². The molecule has 10 heteroatoms. The number of nitrogens with zero attached hydrogens (tertiary/aromatic N) is 1. The lowest BCUT2D eigenvalue weighted by atomic mass is 10.0. The number of carbonyl (C=O) groups excluding carboxylic acids is 2. The summed E-state index contributed by atoms with van der Waals surface area (Å²) in [5.41, 5.74) is 0. The van der Waals surface area contributed by atoms with Crippen LogP contribution >= 0.6 is 7.82 Å². The van der Waals surface area contributed by atoms with Gasteiger partial charge in [-0.25, -0.2) is 4.57 Å². The maximum Gasteiger partial charge on any atom is 0.472 e. The Bertz CT molecular complexity index is 1300. The minimum Gasteiger partial charge on any atom is -0.462 e. The molecule has 0 saturated carbocycles. The molecular weight excluding hydrogens is 906 g/mol. The lowest BCUT2D eigenvalue weighted by molar-refractivity contribution is -0.870. The Morgan fingerprint density at radius 2 is 0.761 bits per heavy atom. The first-order chi connectivity index (χ1) is 34.5. The van der Waals surface area contributed by atoms with Crippen LogP contribution in [0, 0.1) is 0 Å². The van der Waals surface area contributed by atoms with Crippen LogP contribution in [-0.2, 0) is 32.7 Å². The summed E-state index contributed by atoms with van der Waals surface area (Å²) in [5, 5.41) is 0. The van der Waals surface area contributed by atoms with E-state index in [0.29, 0.717) is 17.4 Å². The second kappa shape index (κ2) is 53.1. The monoisotopic (exact) mass is 1020 g/mol. The van der Waals surface area contributed by atoms with Crippen molar-refractivity contribution in [1.29, 1.82) is 0 Å². The summed E-state index contributed by atoms with van der Waals surface area (Å²) in [6.07, 6.45) is 65.9. The maximum absolute atomic E-state index is 12.7. The second-order valence-corrected chi connectivity index (χ2v) is 23.2. The minimum atomic E-state index is -4.37. The Morgan fingerprint density at radius 3 is 1.13 bits per heavy atom. The topological polar surface area (TPSA) is 108 Å². The Hall–Kier alpha value is -1.77. The first-order valence-electron chi connectivity index (χ1n) is 30.2. The van der Waals surface area contributed by atoms with Crippen LogP contribution in [0.4, 0.5) is 0 Å². The first-order valence-corrected chi connectivity index (χ1v) is 31.7. The van der Waals surface area contributed by atoms with E-state index in [4.69, 9.17) is 18.5 Å². The van der Waals surface area contributed by atoms with Crippen molar-refractivity contribution in [2.24, 2.45) is 0 Å². The van der Waals surface area contributed by atoms with E-state index in [0.717, 1.165) is 51.4 Å². The molecule has 0 bridgehead atoms. The predicted molar refractivity (Wildman–Crippen MR) is 303 cm³/mol. The highest BCUT2D eigenvalue weighted by molar-refractivity contribution is 7.47. The van der Waals surface area contributed by atoms with Gasteiger partial charge in [-0.3, -0.25) is 18.6 Å². The van der Waals surface area contributed by atoms with Gasteiger partial charge in [0, 0.05) is 12.8 Å². The van der Waals surface area contributed by atoms with Crippen molar-refractivity contribution < 1.29 is 42.1 Å². The van der Waals surface area contributed by atoms with E-state index in [9.17, 15) is 19.0 Å². The Kier molecular flexibility index (Phi) is 51.7. The molecule has 2 unspecified atom stereocenters. The number of carbonyl (C=O) groups is 2. The molecule has 0 heterocycles. The van der Waals surface area contributed by atoms with Crippen molar-refractivity contribution in [2.45, 2.75) is 296 Å². The third-order valence-electron chi connectivity index (χ3n) is 13.4. The molecule has 2 atom stereocenters. The fourth-order valence-electron chi connectivity index (χ4n) is 8.73. The van der Waals surface area contributed by atoms with Crippen LogP contribution in [0.3, 0.4) is 0 Å². The summed E-state index contributed by atoms with van der Waals surface area (Å²) in [5.74, 6) is -0.795. The van der Waals surface area contributed by atoms with Crippen molar-refractivity contribution in [3.05, 3.63) is 36.5 Å². The third kappa shape index (κ3) is 57.4. The zero-order valence-corrected chi connectivity index (χ0v) is 48.4. The van der Waals surface area contributed by atoms with Crippen molar-refractivity contribution in [2.75, 3.05) is 47.5 Å². The number of quaternary nitrogens is 1. The van der Waals surface area contributed by atoms with E-state index in [1.54, 1.807) is 0 Å². The summed E-state index contributed by atoms with van der Waals surface area (Å²) in [6.45, 7) is 4.37. The van der Waals surface area contributed by atoms with Crippen LogP contribution in [-0.4, -0.2) is 74.9 Å². The van der Waals surface area contributed by atoms with Crippen LogP contribution in [0.1, 0.15) is 290 Å². The quantitative estimate of drug-likeness (QED) is 0.0211. The molecule has 418 valence electrons. The van der Waals surface area contributed by atoms with Crippen LogP contribution in [0.5, 0.6) is 0 Å². The average Bonchev–Trinajstić information content (AvgIpc) is 3.33. The molecule has 0 aromatic rings. The fourth-order valence-corrected chi connectivity index (χ4v) is 9.47. The highest BCUT2D eigenvalue weighted by Gasteiger charge is 2.27. The SMILES string of the molecule is CCCCCCC/C=C\C/C=C\C/C=C\CCCCCCCCCCCCCCCCCCCCCCCCCCCCC(=O)OC(COC(=O)CCCCCCCC)COP(=O)(O)OCC[N+](C)(C)C. The van der Waals surface area contributed by atoms with Gasteiger partial charge in [-0.1, -0.05) is 262 Å². The molecule has 0 fully saturated rings. The molecule has 0 rings (SSSR count). The van der Waals surface area contributed by atoms with Gasteiger partial charge >= 0.3 is 19.8 Å². The summed E-state index contributed by atoms with van der Waals surface area (Å²) >= 11 is 0. The van der Waals surface area contributed by atoms with E-state index in [2.05, 4.69) is 50.3 Å². The summed E-state index contributed by atoms with van der Waals surface area (Å²) in [4.78, 5) is 35.3. The number of likely N-dealkylation sites (N-methyl/N-ethyl adjacent to an activating group) is 1. The van der Waals surface area contributed by atoms with E-state index in [1.165, 1.54) is 205 Å². The van der Waals surface area contributed by atoms with Gasteiger partial charge in [0.1, 0.15) is 19.8 Å². The average molecular weight is 1020 g/mol. The zero-order chi connectivity index (χ0) is 52.0. The summed E-state index contributed by atoms with van der Waals surface area (Å²) in [7, 11) is 1.49. The normalized spacial score (nSPS) is 13.5. The van der Waals surface area contributed by atoms with E-state index >= 15 is 0 Å². The number of hydrogen-bond acceptors (Lipinski definition) is 7. The third-order valence-corrected chi connectivity index (χ3v) is 14.4. The number of unbranched alkanes of at least 4 members (excludes halogenated alkanes) is 36. The summed E-state index contributed by atoms with van der Waals surface area (Å²) in [6, 6.07) is 0. The molecule has 0 aliphatic carbocycles. The highest BCUT2D eigenvalue weighted by atomic mass is 31.2. The number of phosphoric ester groups is 1. The van der Waals surface area contributed by atoms with Crippen LogP contribution in [0.25, 0.3) is 0 Å². The van der Waals surface area contributed by atoms with Gasteiger partial charge in [0.2, 0.25) is 0 Å². The molecular formula is C61H117NO8P+. The largest absolute Gasteiger partial charge is 0.472 e. The molecule has 0 spiro atoms. The van der Waals surface area contributed by atoms with E-state index in [1.807, 2.05) is 21.1 Å². The van der Waals surface area contributed by atoms with Gasteiger partial charge < -0.3 is 18.9 Å². The molecule has 0 amide bonds. The van der Waals surface area contributed by atoms with Crippen molar-refractivity contribution >= 4 is 19.8 Å². The van der Waals surface area contributed by atoms with Gasteiger partial charge in [-0.2, -0.15) is 0 Å². The molecule has 1 N–H and O–H groups in total. The highest BCUT2D eigenvalue weighted by Crippen LogP contribution is 2.43. The van der Waals surface area contributed by atoms with Gasteiger partial charge in [-0.15, -0.1) is 0 Å². The standard InChI is InChI=1S/C61H116NO8P/c1-6-8-10-12-14-15-16-17-18-19-20-21-22-23-24-25-26-27-28-29-30-31-32-33-34-35-36-37-38-39-40-41-42-43-44-45-46-47-48-50-52-54-61(64)70-59(57-67-60(63)53-51-49-13-11-9-7-2)58-69-71(65,66)68-56-55-62(3,4)5/h16-17,19-20,22-23,59H,6-15,18,21,24-58H2,1-5H3/p+1/b17-16-,20-19-,23-22-. The van der Waals surface area contributed by atoms with Crippen molar-refractivity contribution in [3.63, 3.8) is 0 Å². The lowest BCUT2D eigenvalue weighted by Gasteiger charge is -2.24. The number of hydrogen-bond donors (Lipinski definition) is 1. The van der Waals surface area contributed by atoms with Gasteiger partial charge in [0.05, 0.1) is 27.7 Å². The molecule has 0 aliphatic heterocycles. The van der Waals surface area contributed by atoms with Crippen molar-refractivity contribution in [3.8, 4) is 0 Å². The first kappa shape index (κ1) is 69.2. The van der Waals surface area contributed by atoms with Crippen molar-refractivity contribution in [1.82, 2.24) is 0 Å². The lowest BCUT2D eigenvalue weighted by Crippen LogP contribution is -2.37. The maximum atomic E-state index is 12.7.